The van der Waals surface area contributed by atoms with Gasteiger partial charge >= 0.3 is 6.18 Å². The molecule has 0 bridgehead atoms. The molecule has 0 fully saturated rings. The Morgan fingerprint density at radius 3 is 2.12 bits per heavy atom. The lowest BCUT2D eigenvalue weighted by atomic mass is 10.2. The van der Waals surface area contributed by atoms with E-state index in [2.05, 4.69) is 6.58 Å². The highest BCUT2D eigenvalue weighted by atomic mass is 19.4. The predicted octanol–water partition coefficient (Wildman–Crippen LogP) is 3.33. The Hall–Kier alpha value is -0.550. The van der Waals surface area contributed by atoms with Crippen molar-refractivity contribution in [2.24, 2.45) is 0 Å². The summed E-state index contributed by atoms with van der Waals surface area (Å²) in [5.41, 5.74) is 0. The first-order valence-corrected chi connectivity index (χ1v) is 5.39. The van der Waals surface area contributed by atoms with E-state index in [-0.39, 0.29) is 6.61 Å². The van der Waals surface area contributed by atoms with Gasteiger partial charge in [0.15, 0.2) is 0 Å². The minimum absolute atomic E-state index is 0.240. The van der Waals surface area contributed by atoms with Gasteiger partial charge in [0.05, 0.1) is 19.6 Å². The maximum Gasteiger partial charge on any atom is 0.391 e. The molecule has 0 unspecified atom stereocenters. The molecule has 0 aromatic carbocycles. The molecule has 0 rings (SSSR count). The van der Waals surface area contributed by atoms with Crippen LogP contribution >= 0.6 is 0 Å². The summed E-state index contributed by atoms with van der Waals surface area (Å²) in [5.74, 6) is 0. The molecule has 0 aromatic rings. The van der Waals surface area contributed by atoms with Crippen LogP contribution in [0.2, 0.25) is 0 Å². The first-order chi connectivity index (χ1) is 7.56. The van der Waals surface area contributed by atoms with Crippen molar-refractivity contribution >= 4 is 0 Å². The van der Waals surface area contributed by atoms with E-state index in [1.54, 1.807) is 6.08 Å². The lowest BCUT2D eigenvalue weighted by Gasteiger charge is -2.07. The summed E-state index contributed by atoms with van der Waals surface area (Å²) >= 11 is 0. The van der Waals surface area contributed by atoms with E-state index < -0.39 is 12.6 Å². The number of rotatable bonds is 10. The van der Waals surface area contributed by atoms with Crippen LogP contribution < -0.4 is 0 Å². The van der Waals surface area contributed by atoms with Gasteiger partial charge in [0.25, 0.3) is 0 Å². The van der Waals surface area contributed by atoms with E-state index in [0.29, 0.717) is 19.8 Å². The number of ether oxygens (including phenoxy) is 2. The standard InChI is InChI=1S/C11H19F3O2/c1-2-7-15-8-4-3-5-9-16-10-6-11(12,13)14/h2H,1,3-10H2. The zero-order valence-corrected chi connectivity index (χ0v) is 9.39. The van der Waals surface area contributed by atoms with Gasteiger partial charge in [0, 0.05) is 13.2 Å². The van der Waals surface area contributed by atoms with E-state index in [9.17, 15) is 13.2 Å². The fourth-order valence-corrected chi connectivity index (χ4v) is 1.04. The first kappa shape index (κ1) is 15.4. The molecule has 0 saturated carbocycles. The van der Waals surface area contributed by atoms with Gasteiger partial charge in [-0.05, 0) is 19.3 Å². The Balaban J connectivity index is 3.01. The Morgan fingerprint density at radius 1 is 0.938 bits per heavy atom. The normalized spacial score (nSPS) is 11.7. The third kappa shape index (κ3) is 13.4. The van der Waals surface area contributed by atoms with Crippen molar-refractivity contribution in [1.82, 2.24) is 0 Å². The largest absolute Gasteiger partial charge is 0.391 e. The second-order valence-electron chi connectivity index (χ2n) is 3.40. The summed E-state index contributed by atoms with van der Waals surface area (Å²) in [4.78, 5) is 0. The van der Waals surface area contributed by atoms with E-state index >= 15 is 0 Å². The fourth-order valence-electron chi connectivity index (χ4n) is 1.04. The zero-order chi connectivity index (χ0) is 12.3. The summed E-state index contributed by atoms with van der Waals surface area (Å²) in [5, 5.41) is 0. The molecule has 0 radical (unpaired) electrons. The molecule has 0 amide bonds. The van der Waals surface area contributed by atoms with Crippen LogP contribution in [0.15, 0.2) is 12.7 Å². The minimum Gasteiger partial charge on any atom is -0.381 e. The second-order valence-corrected chi connectivity index (χ2v) is 3.40. The van der Waals surface area contributed by atoms with Crippen molar-refractivity contribution < 1.29 is 22.6 Å². The van der Waals surface area contributed by atoms with Crippen molar-refractivity contribution in [1.29, 1.82) is 0 Å². The molecule has 0 saturated heterocycles. The van der Waals surface area contributed by atoms with Crippen molar-refractivity contribution in [3.8, 4) is 0 Å². The molecule has 0 aliphatic rings. The van der Waals surface area contributed by atoms with Gasteiger partial charge in [-0.3, -0.25) is 0 Å². The van der Waals surface area contributed by atoms with E-state index in [4.69, 9.17) is 9.47 Å². The topological polar surface area (TPSA) is 18.5 Å². The highest BCUT2D eigenvalue weighted by Gasteiger charge is 2.26. The summed E-state index contributed by atoms with van der Waals surface area (Å²) in [7, 11) is 0. The van der Waals surface area contributed by atoms with Crippen LogP contribution in [0.3, 0.4) is 0 Å². The average Bonchev–Trinajstić information content (AvgIpc) is 2.19. The van der Waals surface area contributed by atoms with Crippen LogP contribution in [0.5, 0.6) is 0 Å². The molecule has 0 atom stereocenters. The average molecular weight is 240 g/mol. The van der Waals surface area contributed by atoms with Gasteiger partial charge in [-0.15, -0.1) is 6.58 Å². The van der Waals surface area contributed by atoms with Crippen molar-refractivity contribution in [3.63, 3.8) is 0 Å². The molecule has 2 nitrogen and oxygen atoms in total. The zero-order valence-electron chi connectivity index (χ0n) is 9.39. The summed E-state index contributed by atoms with van der Waals surface area (Å²) in [6.45, 7) is 4.86. The van der Waals surface area contributed by atoms with Gasteiger partial charge in [-0.25, -0.2) is 0 Å². The van der Waals surface area contributed by atoms with E-state index in [0.717, 1.165) is 19.3 Å². The Bertz CT molecular complexity index is 169. The highest BCUT2D eigenvalue weighted by molar-refractivity contribution is 4.63. The Morgan fingerprint density at radius 2 is 1.56 bits per heavy atom. The second kappa shape index (κ2) is 9.66. The smallest absolute Gasteiger partial charge is 0.381 e. The van der Waals surface area contributed by atoms with Gasteiger partial charge in [0.1, 0.15) is 0 Å². The molecular formula is C11H19F3O2. The molecule has 0 heterocycles. The monoisotopic (exact) mass is 240 g/mol. The van der Waals surface area contributed by atoms with Gasteiger partial charge in [0.2, 0.25) is 0 Å². The lowest BCUT2D eigenvalue weighted by Crippen LogP contribution is -2.11. The molecule has 96 valence electrons. The molecule has 16 heavy (non-hydrogen) atoms. The molecule has 0 aliphatic carbocycles. The van der Waals surface area contributed by atoms with Crippen molar-refractivity contribution in [2.75, 3.05) is 26.4 Å². The number of hydrogen-bond donors (Lipinski definition) is 0. The summed E-state index contributed by atoms with van der Waals surface area (Å²) in [6.07, 6.45) is -0.719. The van der Waals surface area contributed by atoms with Crippen LogP contribution in [0.25, 0.3) is 0 Å². The number of unbranched alkanes of at least 4 members (excludes halogenated alkanes) is 2. The maximum atomic E-state index is 11.7. The molecule has 0 aliphatic heterocycles. The highest BCUT2D eigenvalue weighted by Crippen LogP contribution is 2.18. The number of alkyl halides is 3. The lowest BCUT2D eigenvalue weighted by molar-refractivity contribution is -0.145. The SMILES string of the molecule is C=CCOCCCCCOCCC(F)(F)F. The predicted molar refractivity (Wildman–Crippen MR) is 56.4 cm³/mol. The van der Waals surface area contributed by atoms with E-state index in [1.807, 2.05) is 0 Å². The fraction of sp³-hybridized carbons (Fsp3) is 0.818. The van der Waals surface area contributed by atoms with Crippen LogP contribution in [0.4, 0.5) is 13.2 Å². The summed E-state index contributed by atoms with van der Waals surface area (Å²) in [6, 6.07) is 0. The quantitative estimate of drug-likeness (QED) is 0.431. The van der Waals surface area contributed by atoms with Gasteiger partial charge in [-0.1, -0.05) is 6.08 Å². The van der Waals surface area contributed by atoms with Gasteiger partial charge in [-0.2, -0.15) is 13.2 Å². The molecule has 0 aromatic heterocycles. The summed E-state index contributed by atoms with van der Waals surface area (Å²) < 4.78 is 45.1. The van der Waals surface area contributed by atoms with Gasteiger partial charge < -0.3 is 9.47 Å². The van der Waals surface area contributed by atoms with Crippen molar-refractivity contribution in [2.45, 2.75) is 31.9 Å². The van der Waals surface area contributed by atoms with Crippen LogP contribution in [0.1, 0.15) is 25.7 Å². The Kier molecular flexibility index (Phi) is 9.33. The Labute approximate surface area is 94.4 Å². The molecular weight excluding hydrogens is 221 g/mol. The third-order valence-corrected chi connectivity index (χ3v) is 1.84. The van der Waals surface area contributed by atoms with E-state index in [1.165, 1.54) is 0 Å². The van der Waals surface area contributed by atoms with Crippen LogP contribution in [0, 0.1) is 0 Å². The van der Waals surface area contributed by atoms with Crippen molar-refractivity contribution in [3.05, 3.63) is 12.7 Å². The number of halogens is 3. The first-order valence-electron chi connectivity index (χ1n) is 5.39. The minimum atomic E-state index is -4.11. The third-order valence-electron chi connectivity index (χ3n) is 1.84. The molecule has 0 N–H and O–H groups in total. The molecule has 0 spiro atoms. The van der Waals surface area contributed by atoms with Crippen LogP contribution in [-0.4, -0.2) is 32.6 Å². The molecule has 5 heteroatoms. The van der Waals surface area contributed by atoms with Crippen LogP contribution in [-0.2, 0) is 9.47 Å². The number of hydrogen-bond acceptors (Lipinski definition) is 2. The maximum absolute atomic E-state index is 11.7.